The van der Waals surface area contributed by atoms with E-state index < -0.39 is 5.97 Å². The van der Waals surface area contributed by atoms with Crippen LogP contribution >= 0.6 is 11.8 Å². The van der Waals surface area contributed by atoms with Crippen molar-refractivity contribution in [1.82, 2.24) is 9.55 Å². The predicted molar refractivity (Wildman–Crippen MR) is 117 cm³/mol. The van der Waals surface area contributed by atoms with E-state index in [2.05, 4.69) is 25.1 Å². The normalized spacial score (nSPS) is 11.0. The molecule has 6 heteroatoms. The molecule has 30 heavy (non-hydrogen) atoms. The predicted octanol–water partition coefficient (Wildman–Crippen LogP) is 5.61. The van der Waals surface area contributed by atoms with Crippen molar-refractivity contribution >= 4 is 28.8 Å². The van der Waals surface area contributed by atoms with Crippen LogP contribution in [0.4, 0.5) is 4.39 Å². The van der Waals surface area contributed by atoms with E-state index >= 15 is 0 Å². The molecule has 4 aromatic rings. The second-order valence-electron chi connectivity index (χ2n) is 7.08. The zero-order chi connectivity index (χ0) is 21.1. The molecule has 1 aromatic heterocycles. The van der Waals surface area contributed by atoms with Crippen molar-refractivity contribution < 1.29 is 13.9 Å². The molecule has 152 valence electrons. The maximum atomic E-state index is 13.7. The van der Waals surface area contributed by atoms with Crippen LogP contribution in [0.1, 0.15) is 27.0 Å². The van der Waals surface area contributed by atoms with Gasteiger partial charge in [-0.05, 0) is 48.4 Å². The van der Waals surface area contributed by atoms with Gasteiger partial charge in [0, 0.05) is 5.75 Å². The number of hydrogen-bond donors (Lipinski definition) is 0. The maximum absolute atomic E-state index is 13.7. The lowest BCUT2D eigenvalue weighted by atomic mass is 10.2. The van der Waals surface area contributed by atoms with E-state index in [1.165, 1.54) is 30.4 Å². The molecule has 0 aliphatic rings. The Balaban J connectivity index is 1.74. The summed E-state index contributed by atoms with van der Waals surface area (Å²) in [6.45, 7) is 2.52. The molecule has 0 fully saturated rings. The first kappa shape index (κ1) is 20.2. The van der Waals surface area contributed by atoms with Gasteiger partial charge in [0.2, 0.25) is 0 Å². The van der Waals surface area contributed by atoms with E-state index in [1.54, 1.807) is 30.0 Å². The van der Waals surface area contributed by atoms with Gasteiger partial charge in [-0.25, -0.2) is 14.2 Å². The average Bonchev–Trinajstić information content (AvgIpc) is 3.08. The van der Waals surface area contributed by atoms with Gasteiger partial charge < -0.3 is 9.30 Å². The molecule has 3 aromatic carbocycles. The minimum absolute atomic E-state index is 0.277. The lowest BCUT2D eigenvalue weighted by molar-refractivity contribution is 0.0601. The first-order chi connectivity index (χ1) is 14.5. The molecular formula is C24H21FN2O2S. The lowest BCUT2D eigenvalue weighted by Crippen LogP contribution is -2.04. The van der Waals surface area contributed by atoms with Gasteiger partial charge >= 0.3 is 5.97 Å². The van der Waals surface area contributed by atoms with Gasteiger partial charge in [-0.2, -0.15) is 0 Å². The fourth-order valence-corrected chi connectivity index (χ4v) is 4.33. The Kier molecular flexibility index (Phi) is 5.86. The van der Waals surface area contributed by atoms with Crippen LogP contribution in [0.25, 0.3) is 11.0 Å². The SMILES string of the molecule is COC(=O)c1ccc2nc(SCc3cccc(C)c3)n(Cc3cccc(F)c3)c2c1. The zero-order valence-corrected chi connectivity index (χ0v) is 17.6. The van der Waals surface area contributed by atoms with Crippen molar-refractivity contribution in [1.29, 1.82) is 0 Å². The van der Waals surface area contributed by atoms with Crippen molar-refractivity contribution in [3.05, 3.63) is 94.8 Å². The van der Waals surface area contributed by atoms with Crippen molar-refractivity contribution in [2.45, 2.75) is 24.4 Å². The third kappa shape index (κ3) is 4.39. The van der Waals surface area contributed by atoms with Gasteiger partial charge in [0.1, 0.15) is 5.82 Å². The van der Waals surface area contributed by atoms with Crippen LogP contribution in [-0.2, 0) is 17.0 Å². The standard InChI is InChI=1S/C24H21FN2O2S/c1-16-5-3-7-18(11-16)15-30-24-26-21-10-9-19(23(28)29-2)13-22(21)27(24)14-17-6-4-8-20(25)12-17/h3-13H,14-15H2,1-2H3. The fourth-order valence-electron chi connectivity index (χ4n) is 3.38. The number of fused-ring (bicyclic) bond motifs is 1. The Morgan fingerprint density at radius 3 is 2.63 bits per heavy atom. The van der Waals surface area contributed by atoms with Gasteiger partial charge in [-0.1, -0.05) is 53.7 Å². The largest absolute Gasteiger partial charge is 0.465 e. The Bertz CT molecular complexity index is 1220. The summed E-state index contributed by atoms with van der Waals surface area (Å²) in [5.41, 5.74) is 5.30. The number of imidazole rings is 1. The second-order valence-corrected chi connectivity index (χ2v) is 8.03. The van der Waals surface area contributed by atoms with Crippen LogP contribution in [0.5, 0.6) is 0 Å². The topological polar surface area (TPSA) is 44.1 Å². The number of aryl methyl sites for hydroxylation is 1. The molecule has 4 rings (SSSR count). The van der Waals surface area contributed by atoms with Crippen molar-refractivity contribution in [2.75, 3.05) is 7.11 Å². The number of nitrogens with zero attached hydrogens (tertiary/aromatic N) is 2. The lowest BCUT2D eigenvalue weighted by Gasteiger charge is -2.10. The van der Waals surface area contributed by atoms with E-state index in [-0.39, 0.29) is 5.82 Å². The summed E-state index contributed by atoms with van der Waals surface area (Å²) in [7, 11) is 1.36. The maximum Gasteiger partial charge on any atom is 0.337 e. The molecule has 4 nitrogen and oxygen atoms in total. The molecule has 0 amide bonds. The molecule has 0 unspecified atom stereocenters. The molecule has 0 N–H and O–H groups in total. The number of rotatable bonds is 6. The second kappa shape index (κ2) is 8.71. The number of halogens is 1. The van der Waals surface area contributed by atoms with Gasteiger partial charge in [0.25, 0.3) is 0 Å². The highest BCUT2D eigenvalue weighted by atomic mass is 32.2. The van der Waals surface area contributed by atoms with Gasteiger partial charge in [-0.3, -0.25) is 0 Å². The van der Waals surface area contributed by atoms with Gasteiger partial charge in [-0.15, -0.1) is 0 Å². The number of thioether (sulfide) groups is 1. The summed E-state index contributed by atoms with van der Waals surface area (Å²) in [4.78, 5) is 16.8. The van der Waals surface area contributed by atoms with Crippen LogP contribution in [0.15, 0.2) is 71.9 Å². The van der Waals surface area contributed by atoms with E-state index in [0.717, 1.165) is 27.5 Å². The summed E-state index contributed by atoms with van der Waals surface area (Å²) in [5, 5.41) is 0.817. The molecule has 0 spiro atoms. The first-order valence-electron chi connectivity index (χ1n) is 9.55. The van der Waals surface area contributed by atoms with Crippen molar-refractivity contribution in [3.63, 3.8) is 0 Å². The fraction of sp³-hybridized carbons (Fsp3) is 0.167. The van der Waals surface area contributed by atoms with E-state index in [4.69, 9.17) is 9.72 Å². The molecule has 0 bridgehead atoms. The molecule has 0 saturated carbocycles. The summed E-state index contributed by atoms with van der Waals surface area (Å²) >= 11 is 1.62. The smallest absolute Gasteiger partial charge is 0.337 e. The molecular weight excluding hydrogens is 399 g/mol. The summed E-state index contributed by atoms with van der Waals surface area (Å²) < 4.78 is 20.6. The number of ether oxygens (including phenoxy) is 1. The summed E-state index contributed by atoms with van der Waals surface area (Å²) in [6, 6.07) is 20.2. The Labute approximate surface area is 178 Å². The highest BCUT2D eigenvalue weighted by molar-refractivity contribution is 7.98. The number of esters is 1. The van der Waals surface area contributed by atoms with Gasteiger partial charge in [0.15, 0.2) is 5.16 Å². The average molecular weight is 421 g/mol. The van der Waals surface area contributed by atoms with Crippen LogP contribution in [0.2, 0.25) is 0 Å². The Morgan fingerprint density at radius 2 is 1.87 bits per heavy atom. The monoisotopic (exact) mass is 420 g/mol. The highest BCUT2D eigenvalue weighted by Crippen LogP contribution is 2.29. The quantitative estimate of drug-likeness (QED) is 0.300. The molecule has 0 radical (unpaired) electrons. The number of carbonyl (C=O) groups is 1. The Hall–Kier alpha value is -3.12. The third-order valence-electron chi connectivity index (χ3n) is 4.81. The molecule has 1 heterocycles. The van der Waals surface area contributed by atoms with E-state index in [1.807, 2.05) is 22.8 Å². The Morgan fingerprint density at radius 1 is 1.07 bits per heavy atom. The number of carbonyl (C=O) groups excluding carboxylic acids is 1. The minimum Gasteiger partial charge on any atom is -0.465 e. The molecule has 0 atom stereocenters. The molecule has 0 aliphatic carbocycles. The number of hydrogen-bond acceptors (Lipinski definition) is 4. The summed E-state index contributed by atoms with van der Waals surface area (Å²) in [5.74, 6) is 0.0865. The summed E-state index contributed by atoms with van der Waals surface area (Å²) in [6.07, 6.45) is 0. The van der Waals surface area contributed by atoms with Gasteiger partial charge in [0.05, 0.1) is 30.3 Å². The van der Waals surface area contributed by atoms with Crippen LogP contribution in [-0.4, -0.2) is 22.6 Å². The molecule has 0 saturated heterocycles. The van der Waals surface area contributed by atoms with Crippen LogP contribution in [0.3, 0.4) is 0 Å². The first-order valence-corrected chi connectivity index (χ1v) is 10.5. The van der Waals surface area contributed by atoms with E-state index in [9.17, 15) is 9.18 Å². The minimum atomic E-state index is -0.399. The number of methoxy groups -OCH3 is 1. The van der Waals surface area contributed by atoms with Crippen molar-refractivity contribution in [3.8, 4) is 0 Å². The van der Waals surface area contributed by atoms with Crippen LogP contribution in [0, 0.1) is 12.7 Å². The number of aromatic nitrogens is 2. The molecule has 0 aliphatic heterocycles. The van der Waals surface area contributed by atoms with E-state index in [0.29, 0.717) is 12.1 Å². The highest BCUT2D eigenvalue weighted by Gasteiger charge is 2.15. The number of benzene rings is 3. The van der Waals surface area contributed by atoms with Crippen molar-refractivity contribution in [2.24, 2.45) is 0 Å². The zero-order valence-electron chi connectivity index (χ0n) is 16.8. The third-order valence-corrected chi connectivity index (χ3v) is 5.86. The van der Waals surface area contributed by atoms with Crippen LogP contribution < -0.4 is 0 Å².